The summed E-state index contributed by atoms with van der Waals surface area (Å²) >= 11 is 0. The van der Waals surface area contributed by atoms with Crippen molar-refractivity contribution in [3.05, 3.63) is 12.3 Å². The number of aryl methyl sites for hydroxylation is 1. The van der Waals surface area contributed by atoms with Crippen LogP contribution in [-0.4, -0.2) is 42.1 Å². The summed E-state index contributed by atoms with van der Waals surface area (Å²) in [5, 5.41) is 7.19. The molecule has 0 fully saturated rings. The molecule has 16 heavy (non-hydrogen) atoms. The van der Waals surface area contributed by atoms with E-state index in [1.54, 1.807) is 11.6 Å². The molecule has 0 aromatic carbocycles. The zero-order chi connectivity index (χ0) is 11.8. The summed E-state index contributed by atoms with van der Waals surface area (Å²) in [4.78, 5) is 10.9. The number of esters is 1. The van der Waals surface area contributed by atoms with Gasteiger partial charge in [0.2, 0.25) is 0 Å². The van der Waals surface area contributed by atoms with Crippen LogP contribution in [0.1, 0.15) is 6.92 Å². The minimum Gasteiger partial charge on any atom is -0.464 e. The Labute approximate surface area is 94.5 Å². The third-order valence-electron chi connectivity index (χ3n) is 1.79. The number of hydrogen-bond acceptors (Lipinski definition) is 5. The molecule has 0 aliphatic carbocycles. The van der Waals surface area contributed by atoms with Gasteiger partial charge < -0.3 is 14.8 Å². The van der Waals surface area contributed by atoms with Gasteiger partial charge in [0.05, 0.1) is 13.2 Å². The lowest BCUT2D eigenvalue weighted by Gasteiger charge is -2.04. The Hall–Kier alpha value is -1.56. The van der Waals surface area contributed by atoms with Gasteiger partial charge in [0, 0.05) is 25.9 Å². The van der Waals surface area contributed by atoms with E-state index in [1.165, 1.54) is 0 Å². The van der Waals surface area contributed by atoms with Gasteiger partial charge in [-0.3, -0.25) is 4.68 Å². The third kappa shape index (κ3) is 4.79. The summed E-state index contributed by atoms with van der Waals surface area (Å²) in [5.41, 5.74) is 0. The highest BCUT2D eigenvalue weighted by atomic mass is 16.6. The van der Waals surface area contributed by atoms with Crippen LogP contribution in [0.2, 0.25) is 0 Å². The van der Waals surface area contributed by atoms with E-state index in [9.17, 15) is 4.79 Å². The van der Waals surface area contributed by atoms with E-state index in [0.717, 1.165) is 5.82 Å². The van der Waals surface area contributed by atoms with Crippen molar-refractivity contribution < 1.29 is 14.3 Å². The Morgan fingerprint density at radius 2 is 2.44 bits per heavy atom. The van der Waals surface area contributed by atoms with Crippen LogP contribution >= 0.6 is 0 Å². The molecule has 0 spiro atoms. The molecule has 1 heterocycles. The fourth-order valence-electron chi connectivity index (χ4n) is 1.12. The zero-order valence-electron chi connectivity index (χ0n) is 9.60. The minimum atomic E-state index is -0.333. The summed E-state index contributed by atoms with van der Waals surface area (Å²) in [6, 6.07) is 1.87. The highest BCUT2D eigenvalue weighted by Crippen LogP contribution is 1.99. The smallest absolute Gasteiger partial charge is 0.332 e. The SMILES string of the molecule is CCOC(=O)COCCNc1ccn(C)n1. The highest BCUT2D eigenvalue weighted by Gasteiger charge is 2.00. The number of hydrogen-bond donors (Lipinski definition) is 1. The molecule has 0 atom stereocenters. The number of aromatic nitrogens is 2. The zero-order valence-corrected chi connectivity index (χ0v) is 9.60. The Bertz CT molecular complexity index is 325. The molecular weight excluding hydrogens is 210 g/mol. The van der Waals surface area contributed by atoms with Gasteiger partial charge in [-0.15, -0.1) is 0 Å². The maximum Gasteiger partial charge on any atom is 0.332 e. The van der Waals surface area contributed by atoms with Crippen molar-refractivity contribution in [2.24, 2.45) is 7.05 Å². The lowest BCUT2D eigenvalue weighted by atomic mass is 10.6. The number of rotatable bonds is 7. The van der Waals surface area contributed by atoms with Gasteiger partial charge in [0.25, 0.3) is 0 Å². The minimum absolute atomic E-state index is 0.00224. The van der Waals surface area contributed by atoms with Crippen molar-refractivity contribution in [3.63, 3.8) is 0 Å². The average molecular weight is 227 g/mol. The molecule has 90 valence electrons. The van der Waals surface area contributed by atoms with Gasteiger partial charge in [-0.25, -0.2) is 4.79 Å². The van der Waals surface area contributed by atoms with E-state index >= 15 is 0 Å². The van der Waals surface area contributed by atoms with Crippen LogP contribution < -0.4 is 5.32 Å². The molecule has 1 N–H and O–H groups in total. The van der Waals surface area contributed by atoms with Crippen LogP contribution in [-0.2, 0) is 21.3 Å². The van der Waals surface area contributed by atoms with E-state index in [0.29, 0.717) is 19.8 Å². The van der Waals surface area contributed by atoms with E-state index < -0.39 is 0 Å². The quantitative estimate of drug-likeness (QED) is 0.540. The topological polar surface area (TPSA) is 65.4 Å². The first-order valence-corrected chi connectivity index (χ1v) is 5.19. The molecule has 1 aromatic rings. The van der Waals surface area contributed by atoms with Crippen molar-refractivity contribution in [1.82, 2.24) is 9.78 Å². The van der Waals surface area contributed by atoms with Crippen molar-refractivity contribution in [1.29, 1.82) is 0 Å². The van der Waals surface area contributed by atoms with Crippen molar-refractivity contribution in [2.45, 2.75) is 6.92 Å². The summed E-state index contributed by atoms with van der Waals surface area (Å²) in [6.07, 6.45) is 1.85. The highest BCUT2D eigenvalue weighted by molar-refractivity contribution is 5.70. The van der Waals surface area contributed by atoms with Crippen molar-refractivity contribution in [3.8, 4) is 0 Å². The average Bonchev–Trinajstić information content (AvgIpc) is 2.64. The van der Waals surface area contributed by atoms with E-state index in [1.807, 2.05) is 19.3 Å². The van der Waals surface area contributed by atoms with Crippen LogP contribution in [0.4, 0.5) is 5.82 Å². The Morgan fingerprint density at radius 1 is 1.62 bits per heavy atom. The van der Waals surface area contributed by atoms with E-state index in [2.05, 4.69) is 10.4 Å². The summed E-state index contributed by atoms with van der Waals surface area (Å²) in [5.74, 6) is 0.461. The fraction of sp³-hybridized carbons (Fsp3) is 0.600. The van der Waals surface area contributed by atoms with Gasteiger partial charge in [-0.1, -0.05) is 0 Å². The number of nitrogens with one attached hydrogen (secondary N) is 1. The molecule has 0 saturated carbocycles. The van der Waals surface area contributed by atoms with Crippen LogP contribution in [0, 0.1) is 0 Å². The predicted octanol–water partition coefficient (Wildman–Crippen LogP) is 0.412. The van der Waals surface area contributed by atoms with Gasteiger partial charge in [0.1, 0.15) is 12.4 Å². The van der Waals surface area contributed by atoms with Gasteiger partial charge in [0.15, 0.2) is 0 Å². The molecule has 0 aliphatic rings. The number of anilines is 1. The Morgan fingerprint density at radius 3 is 3.06 bits per heavy atom. The normalized spacial score (nSPS) is 10.1. The lowest BCUT2D eigenvalue weighted by molar-refractivity contribution is -0.148. The standard InChI is InChI=1S/C10H17N3O3/c1-3-16-10(14)8-15-7-5-11-9-4-6-13(2)12-9/h4,6H,3,5,7-8H2,1-2H3,(H,11,12). The van der Waals surface area contributed by atoms with Crippen molar-refractivity contribution >= 4 is 11.8 Å². The Kier molecular flexibility index (Phi) is 5.35. The predicted molar refractivity (Wildman–Crippen MR) is 59.1 cm³/mol. The maximum atomic E-state index is 10.9. The number of ether oxygens (including phenoxy) is 2. The second kappa shape index (κ2) is 6.84. The molecule has 0 radical (unpaired) electrons. The van der Waals surface area contributed by atoms with Crippen LogP contribution in [0.15, 0.2) is 12.3 Å². The molecular formula is C10H17N3O3. The largest absolute Gasteiger partial charge is 0.464 e. The van der Waals surface area contributed by atoms with Gasteiger partial charge in [-0.05, 0) is 6.92 Å². The lowest BCUT2D eigenvalue weighted by Crippen LogP contribution is -2.16. The summed E-state index contributed by atoms with van der Waals surface area (Å²) in [7, 11) is 1.85. The molecule has 6 nitrogen and oxygen atoms in total. The Balaban J connectivity index is 2.02. The van der Waals surface area contributed by atoms with E-state index in [4.69, 9.17) is 9.47 Å². The van der Waals surface area contributed by atoms with Crippen LogP contribution in [0.3, 0.4) is 0 Å². The number of nitrogens with zero attached hydrogens (tertiary/aromatic N) is 2. The molecule has 0 saturated heterocycles. The van der Waals surface area contributed by atoms with Crippen LogP contribution in [0.5, 0.6) is 0 Å². The van der Waals surface area contributed by atoms with E-state index in [-0.39, 0.29) is 12.6 Å². The molecule has 0 unspecified atom stereocenters. The molecule has 0 bridgehead atoms. The van der Waals surface area contributed by atoms with Gasteiger partial charge >= 0.3 is 5.97 Å². The molecule has 1 aromatic heterocycles. The fourth-order valence-corrected chi connectivity index (χ4v) is 1.12. The van der Waals surface area contributed by atoms with Crippen molar-refractivity contribution in [2.75, 3.05) is 31.7 Å². The summed E-state index contributed by atoms with van der Waals surface area (Å²) < 4.78 is 11.5. The first-order valence-electron chi connectivity index (χ1n) is 5.19. The first-order chi connectivity index (χ1) is 7.72. The molecule has 1 rings (SSSR count). The molecule has 0 aliphatic heterocycles. The number of carbonyl (C=O) groups excluding carboxylic acids is 1. The second-order valence-electron chi connectivity index (χ2n) is 3.16. The third-order valence-corrected chi connectivity index (χ3v) is 1.79. The van der Waals surface area contributed by atoms with Gasteiger partial charge in [-0.2, -0.15) is 5.10 Å². The number of carbonyl (C=O) groups is 1. The second-order valence-corrected chi connectivity index (χ2v) is 3.16. The first kappa shape index (κ1) is 12.5. The molecule has 0 amide bonds. The molecule has 6 heteroatoms. The monoisotopic (exact) mass is 227 g/mol. The maximum absolute atomic E-state index is 10.9. The summed E-state index contributed by atoms with van der Waals surface area (Å²) in [6.45, 7) is 3.19. The van der Waals surface area contributed by atoms with Crippen LogP contribution in [0.25, 0.3) is 0 Å².